The van der Waals surface area contributed by atoms with Crippen LogP contribution in [-0.2, 0) is 0 Å². The largest absolute Gasteiger partial charge is 0.491 e. The van der Waals surface area contributed by atoms with Crippen LogP contribution in [0.4, 0.5) is 0 Å². The van der Waals surface area contributed by atoms with E-state index in [1.54, 1.807) is 0 Å². The van der Waals surface area contributed by atoms with Gasteiger partial charge in [-0.3, -0.25) is 4.79 Å². The Kier molecular flexibility index (Phi) is 5.60. The first-order valence-corrected chi connectivity index (χ1v) is 7.66. The first-order valence-electron chi connectivity index (χ1n) is 7.66. The topological polar surface area (TPSA) is 38.3 Å². The number of ether oxygens (including phenoxy) is 1. The third-order valence-corrected chi connectivity index (χ3v) is 3.79. The van der Waals surface area contributed by atoms with Gasteiger partial charge in [-0.15, -0.1) is 0 Å². The Labute approximate surface area is 121 Å². The van der Waals surface area contributed by atoms with E-state index in [1.165, 1.54) is 12.8 Å². The lowest BCUT2D eigenvalue weighted by Gasteiger charge is -2.22. The molecular formula is C17H25NO2. The van der Waals surface area contributed by atoms with Crippen LogP contribution in [0.25, 0.3) is 0 Å². The number of hydrogen-bond acceptors (Lipinski definition) is 3. The third-order valence-electron chi connectivity index (χ3n) is 3.79. The molecule has 1 saturated heterocycles. The summed E-state index contributed by atoms with van der Waals surface area (Å²) in [5.74, 6) is 1.79. The van der Waals surface area contributed by atoms with E-state index in [0.717, 1.165) is 30.8 Å². The maximum Gasteiger partial charge on any atom is 0.162 e. The molecule has 2 rings (SSSR count). The number of nitrogens with one attached hydrogen (secondary N) is 1. The first-order chi connectivity index (χ1) is 9.65. The van der Waals surface area contributed by atoms with Crippen molar-refractivity contribution in [1.82, 2.24) is 5.32 Å². The Bertz CT molecular complexity index is 419. The number of carbonyl (C=O) groups excluding carboxylic acids is 1. The van der Waals surface area contributed by atoms with Crippen LogP contribution in [0.1, 0.15) is 49.9 Å². The number of carbonyl (C=O) groups is 1. The van der Waals surface area contributed by atoms with E-state index in [9.17, 15) is 4.79 Å². The van der Waals surface area contributed by atoms with E-state index in [2.05, 4.69) is 5.32 Å². The van der Waals surface area contributed by atoms with Gasteiger partial charge >= 0.3 is 0 Å². The molecule has 110 valence electrons. The summed E-state index contributed by atoms with van der Waals surface area (Å²) in [6.07, 6.45) is 4.25. The maximum absolute atomic E-state index is 12.2. The zero-order valence-electron chi connectivity index (χ0n) is 12.5. The molecule has 0 aromatic heterocycles. The predicted molar refractivity (Wildman–Crippen MR) is 81.4 cm³/mol. The molecule has 1 aliphatic rings. The molecule has 0 radical (unpaired) electrons. The van der Waals surface area contributed by atoms with Crippen molar-refractivity contribution in [2.45, 2.75) is 45.6 Å². The Morgan fingerprint density at radius 3 is 2.50 bits per heavy atom. The maximum atomic E-state index is 12.2. The number of Topliss-reactive ketones (excluding diaryl/α,β-unsaturated/α-hetero) is 1. The van der Waals surface area contributed by atoms with Crippen LogP contribution in [0.2, 0.25) is 0 Å². The molecule has 0 atom stereocenters. The van der Waals surface area contributed by atoms with Crippen molar-refractivity contribution >= 4 is 5.78 Å². The van der Waals surface area contributed by atoms with Gasteiger partial charge in [-0.1, -0.05) is 0 Å². The highest BCUT2D eigenvalue weighted by molar-refractivity contribution is 5.96. The summed E-state index contributed by atoms with van der Waals surface area (Å²) in [6, 6.07) is 7.53. The SMILES string of the molecule is CC(C)Oc1ccc(C(=O)CCC2CCNCC2)cc1. The molecule has 1 aromatic rings. The highest BCUT2D eigenvalue weighted by Gasteiger charge is 2.15. The highest BCUT2D eigenvalue weighted by Crippen LogP contribution is 2.20. The number of piperidine rings is 1. The molecular weight excluding hydrogens is 250 g/mol. The van der Waals surface area contributed by atoms with E-state index in [4.69, 9.17) is 4.74 Å². The molecule has 0 bridgehead atoms. The molecule has 0 amide bonds. The molecule has 1 heterocycles. The zero-order chi connectivity index (χ0) is 14.4. The van der Waals surface area contributed by atoms with Gasteiger partial charge in [0.15, 0.2) is 5.78 Å². The van der Waals surface area contributed by atoms with E-state index in [1.807, 2.05) is 38.1 Å². The van der Waals surface area contributed by atoms with E-state index in [0.29, 0.717) is 12.3 Å². The molecule has 0 spiro atoms. The van der Waals surface area contributed by atoms with Gasteiger partial charge in [0.2, 0.25) is 0 Å². The van der Waals surface area contributed by atoms with Crippen LogP contribution in [-0.4, -0.2) is 25.0 Å². The minimum atomic E-state index is 0.163. The summed E-state index contributed by atoms with van der Waals surface area (Å²) in [5.41, 5.74) is 0.801. The lowest BCUT2D eigenvalue weighted by molar-refractivity contribution is 0.0971. The number of rotatable bonds is 6. The summed E-state index contributed by atoms with van der Waals surface area (Å²) in [6.45, 7) is 6.19. The predicted octanol–water partition coefficient (Wildman–Crippen LogP) is 3.44. The van der Waals surface area contributed by atoms with Crippen molar-refractivity contribution in [2.75, 3.05) is 13.1 Å². The van der Waals surface area contributed by atoms with Crippen LogP contribution in [0.5, 0.6) is 5.75 Å². The van der Waals surface area contributed by atoms with Gasteiger partial charge in [-0.05, 0) is 76.4 Å². The third kappa shape index (κ3) is 4.64. The summed E-state index contributed by atoms with van der Waals surface area (Å²) in [4.78, 5) is 12.2. The number of ketones is 1. The van der Waals surface area contributed by atoms with Crippen molar-refractivity contribution in [3.05, 3.63) is 29.8 Å². The molecule has 3 heteroatoms. The van der Waals surface area contributed by atoms with Crippen molar-refractivity contribution in [1.29, 1.82) is 0 Å². The van der Waals surface area contributed by atoms with Crippen LogP contribution < -0.4 is 10.1 Å². The van der Waals surface area contributed by atoms with Crippen LogP contribution in [0.15, 0.2) is 24.3 Å². The fourth-order valence-corrected chi connectivity index (χ4v) is 2.64. The second-order valence-corrected chi connectivity index (χ2v) is 5.85. The average Bonchev–Trinajstić information content (AvgIpc) is 2.46. The fraction of sp³-hybridized carbons (Fsp3) is 0.588. The quantitative estimate of drug-likeness (QED) is 0.808. The zero-order valence-corrected chi connectivity index (χ0v) is 12.5. The number of hydrogen-bond donors (Lipinski definition) is 1. The van der Waals surface area contributed by atoms with Crippen molar-refractivity contribution in [3.8, 4) is 5.75 Å². The van der Waals surface area contributed by atoms with Crippen molar-refractivity contribution in [2.24, 2.45) is 5.92 Å². The molecule has 0 aliphatic carbocycles. The van der Waals surface area contributed by atoms with Gasteiger partial charge in [-0.2, -0.15) is 0 Å². The van der Waals surface area contributed by atoms with Crippen LogP contribution in [0, 0.1) is 5.92 Å². The molecule has 0 saturated carbocycles. The van der Waals surface area contributed by atoms with Crippen LogP contribution >= 0.6 is 0 Å². The van der Waals surface area contributed by atoms with Crippen LogP contribution in [0.3, 0.4) is 0 Å². The monoisotopic (exact) mass is 275 g/mol. The minimum Gasteiger partial charge on any atom is -0.491 e. The minimum absolute atomic E-state index is 0.163. The molecule has 20 heavy (non-hydrogen) atoms. The standard InChI is InChI=1S/C17H25NO2/c1-13(2)20-16-6-4-15(5-7-16)17(19)8-3-14-9-11-18-12-10-14/h4-7,13-14,18H,3,8-12H2,1-2H3. The Morgan fingerprint density at radius 1 is 1.25 bits per heavy atom. The molecule has 1 N–H and O–H groups in total. The second kappa shape index (κ2) is 7.44. The van der Waals surface area contributed by atoms with Gasteiger partial charge in [-0.25, -0.2) is 0 Å². The summed E-state index contributed by atoms with van der Waals surface area (Å²) < 4.78 is 5.59. The Hall–Kier alpha value is -1.35. The summed E-state index contributed by atoms with van der Waals surface area (Å²) in [7, 11) is 0. The molecule has 0 unspecified atom stereocenters. The summed E-state index contributed by atoms with van der Waals surface area (Å²) >= 11 is 0. The van der Waals surface area contributed by atoms with Crippen molar-refractivity contribution < 1.29 is 9.53 Å². The van der Waals surface area contributed by atoms with E-state index in [-0.39, 0.29) is 11.9 Å². The lowest BCUT2D eigenvalue weighted by atomic mass is 9.91. The second-order valence-electron chi connectivity index (χ2n) is 5.85. The van der Waals surface area contributed by atoms with Gasteiger partial charge < -0.3 is 10.1 Å². The van der Waals surface area contributed by atoms with E-state index >= 15 is 0 Å². The molecule has 1 aromatic carbocycles. The van der Waals surface area contributed by atoms with Gasteiger partial charge in [0.1, 0.15) is 5.75 Å². The van der Waals surface area contributed by atoms with Gasteiger partial charge in [0, 0.05) is 12.0 Å². The number of benzene rings is 1. The Morgan fingerprint density at radius 2 is 1.90 bits per heavy atom. The average molecular weight is 275 g/mol. The first kappa shape index (κ1) is 15.0. The molecule has 1 aliphatic heterocycles. The smallest absolute Gasteiger partial charge is 0.162 e. The highest BCUT2D eigenvalue weighted by atomic mass is 16.5. The summed E-state index contributed by atoms with van der Waals surface area (Å²) in [5, 5.41) is 3.36. The van der Waals surface area contributed by atoms with Gasteiger partial charge in [0.25, 0.3) is 0 Å². The van der Waals surface area contributed by atoms with E-state index < -0.39 is 0 Å². The fourth-order valence-electron chi connectivity index (χ4n) is 2.64. The lowest BCUT2D eigenvalue weighted by Crippen LogP contribution is -2.27. The van der Waals surface area contributed by atoms with Gasteiger partial charge in [0.05, 0.1) is 6.10 Å². The molecule has 1 fully saturated rings. The molecule has 3 nitrogen and oxygen atoms in total. The normalized spacial score (nSPS) is 16.4. The van der Waals surface area contributed by atoms with Crippen molar-refractivity contribution in [3.63, 3.8) is 0 Å². The Balaban J connectivity index is 1.82.